The molecule has 0 unspecified atom stereocenters. The highest BCUT2D eigenvalue weighted by atomic mass is 16.5. The minimum absolute atomic E-state index is 0.316. The van der Waals surface area contributed by atoms with Gasteiger partial charge in [-0.15, -0.1) is 0 Å². The first-order valence-electron chi connectivity index (χ1n) is 5.32. The van der Waals surface area contributed by atoms with Gasteiger partial charge in [0.1, 0.15) is 0 Å². The van der Waals surface area contributed by atoms with E-state index >= 15 is 0 Å². The largest absolute Gasteiger partial charge is 0.422 e. The predicted octanol–water partition coefficient (Wildman–Crippen LogP) is 1.74. The van der Waals surface area contributed by atoms with Gasteiger partial charge in [-0.1, -0.05) is 0 Å². The average molecular weight is 230 g/mol. The third-order valence-corrected chi connectivity index (χ3v) is 2.44. The highest BCUT2D eigenvalue weighted by Crippen LogP contribution is 2.20. The molecule has 0 amide bonds. The van der Waals surface area contributed by atoms with Crippen LogP contribution in [0.5, 0.6) is 11.8 Å². The Morgan fingerprint density at radius 3 is 2.71 bits per heavy atom. The minimum Gasteiger partial charge on any atom is -0.422 e. The summed E-state index contributed by atoms with van der Waals surface area (Å²) in [6, 6.07) is 3.96. The summed E-state index contributed by atoms with van der Waals surface area (Å²) in [5.41, 5.74) is 8.10. The molecule has 2 heterocycles. The number of nitrogens with zero attached hydrogens (tertiary/aromatic N) is 3. The van der Waals surface area contributed by atoms with Crippen LogP contribution in [0.2, 0.25) is 0 Å². The van der Waals surface area contributed by atoms with Gasteiger partial charge in [0.15, 0.2) is 5.75 Å². The Morgan fingerprint density at radius 2 is 2.06 bits per heavy atom. The van der Waals surface area contributed by atoms with Crippen molar-refractivity contribution in [3.63, 3.8) is 0 Å². The number of hydrogen-bond acceptors (Lipinski definition) is 5. The summed E-state index contributed by atoms with van der Waals surface area (Å²) in [5.74, 6) is 0.660. The Balaban J connectivity index is 2.25. The molecule has 0 atom stereocenters. The maximum absolute atomic E-state index is 5.56. The summed E-state index contributed by atoms with van der Waals surface area (Å²) in [4.78, 5) is 12.5. The minimum atomic E-state index is 0.316. The van der Waals surface area contributed by atoms with Gasteiger partial charge in [0.25, 0.3) is 0 Å². The zero-order chi connectivity index (χ0) is 12.3. The fourth-order valence-corrected chi connectivity index (χ4v) is 1.40. The quantitative estimate of drug-likeness (QED) is 0.869. The Hall–Kier alpha value is -2.01. The SMILES string of the molecule is Cc1nc(Oc2cccnc2C)ncc1CN. The van der Waals surface area contributed by atoms with Crippen molar-refractivity contribution in [1.82, 2.24) is 15.0 Å². The lowest BCUT2D eigenvalue weighted by molar-refractivity contribution is 0.434. The fraction of sp³-hybridized carbons (Fsp3) is 0.250. The molecule has 0 spiro atoms. The van der Waals surface area contributed by atoms with E-state index < -0.39 is 0 Å². The van der Waals surface area contributed by atoms with E-state index in [1.807, 2.05) is 26.0 Å². The Labute approximate surface area is 99.7 Å². The average Bonchev–Trinajstić information content (AvgIpc) is 2.32. The second kappa shape index (κ2) is 4.88. The maximum atomic E-state index is 5.56. The van der Waals surface area contributed by atoms with Crippen LogP contribution in [0, 0.1) is 13.8 Å². The topological polar surface area (TPSA) is 73.9 Å². The number of hydrogen-bond donors (Lipinski definition) is 1. The summed E-state index contributed by atoms with van der Waals surface area (Å²) in [5, 5.41) is 0. The first kappa shape index (κ1) is 11.5. The lowest BCUT2D eigenvalue weighted by Crippen LogP contribution is -2.03. The van der Waals surface area contributed by atoms with Crippen molar-refractivity contribution in [3.8, 4) is 11.8 Å². The normalized spacial score (nSPS) is 10.3. The molecule has 2 rings (SSSR count). The number of pyridine rings is 1. The van der Waals surface area contributed by atoms with E-state index in [4.69, 9.17) is 10.5 Å². The van der Waals surface area contributed by atoms with Crippen LogP contribution >= 0.6 is 0 Å². The standard InChI is InChI=1S/C12H14N4O/c1-8-10(6-13)7-15-12(16-8)17-11-4-3-5-14-9(11)2/h3-5,7H,6,13H2,1-2H3. The number of aromatic nitrogens is 3. The highest BCUT2D eigenvalue weighted by molar-refractivity contribution is 5.28. The molecule has 2 aromatic rings. The van der Waals surface area contributed by atoms with E-state index in [9.17, 15) is 0 Å². The summed E-state index contributed by atoms with van der Waals surface area (Å²) in [7, 11) is 0. The maximum Gasteiger partial charge on any atom is 0.322 e. The molecule has 0 aliphatic rings. The predicted molar refractivity (Wildman–Crippen MR) is 63.7 cm³/mol. The molecule has 17 heavy (non-hydrogen) atoms. The zero-order valence-electron chi connectivity index (χ0n) is 9.84. The monoisotopic (exact) mass is 230 g/mol. The van der Waals surface area contributed by atoms with Gasteiger partial charge in [0, 0.05) is 30.2 Å². The van der Waals surface area contributed by atoms with Gasteiger partial charge in [-0.2, -0.15) is 4.98 Å². The fourth-order valence-electron chi connectivity index (χ4n) is 1.40. The van der Waals surface area contributed by atoms with Crippen LogP contribution in [0.25, 0.3) is 0 Å². The Kier molecular flexibility index (Phi) is 3.30. The van der Waals surface area contributed by atoms with E-state index in [-0.39, 0.29) is 0 Å². The molecule has 0 aliphatic carbocycles. The van der Waals surface area contributed by atoms with Crippen LogP contribution < -0.4 is 10.5 Å². The van der Waals surface area contributed by atoms with Gasteiger partial charge in [0.2, 0.25) is 0 Å². The molecule has 0 radical (unpaired) electrons. The molecule has 2 aromatic heterocycles. The molecule has 0 saturated heterocycles. The molecular weight excluding hydrogens is 216 g/mol. The van der Waals surface area contributed by atoms with Gasteiger partial charge in [-0.25, -0.2) is 4.98 Å². The van der Waals surface area contributed by atoms with Gasteiger partial charge in [-0.05, 0) is 26.0 Å². The summed E-state index contributed by atoms with van der Waals surface area (Å²) < 4.78 is 5.56. The van der Waals surface area contributed by atoms with E-state index in [0.29, 0.717) is 18.3 Å². The van der Waals surface area contributed by atoms with Crippen molar-refractivity contribution < 1.29 is 4.74 Å². The molecule has 0 aromatic carbocycles. The third-order valence-electron chi connectivity index (χ3n) is 2.44. The summed E-state index contributed by atoms with van der Waals surface area (Å²) in [6.07, 6.45) is 3.40. The lowest BCUT2D eigenvalue weighted by atomic mass is 10.2. The zero-order valence-corrected chi connectivity index (χ0v) is 9.84. The van der Waals surface area contributed by atoms with Crippen LogP contribution in [0.1, 0.15) is 17.0 Å². The van der Waals surface area contributed by atoms with Crippen LogP contribution in [-0.2, 0) is 6.54 Å². The molecule has 0 fully saturated rings. The van der Waals surface area contributed by atoms with Gasteiger partial charge < -0.3 is 10.5 Å². The van der Waals surface area contributed by atoms with Gasteiger partial charge >= 0.3 is 6.01 Å². The smallest absolute Gasteiger partial charge is 0.322 e. The molecule has 0 aliphatic heterocycles. The molecule has 0 saturated carbocycles. The molecule has 88 valence electrons. The van der Waals surface area contributed by atoms with Crippen molar-refractivity contribution in [1.29, 1.82) is 0 Å². The second-order valence-electron chi connectivity index (χ2n) is 3.66. The molecule has 5 heteroatoms. The van der Waals surface area contributed by atoms with Crippen molar-refractivity contribution in [2.45, 2.75) is 20.4 Å². The van der Waals surface area contributed by atoms with Crippen LogP contribution in [0.4, 0.5) is 0 Å². The molecular formula is C12H14N4O. The Morgan fingerprint density at radius 1 is 1.24 bits per heavy atom. The first-order chi connectivity index (χ1) is 8.20. The number of aryl methyl sites for hydroxylation is 2. The molecule has 5 nitrogen and oxygen atoms in total. The first-order valence-corrected chi connectivity index (χ1v) is 5.32. The van der Waals surface area contributed by atoms with Crippen molar-refractivity contribution in [2.24, 2.45) is 5.73 Å². The number of ether oxygens (including phenoxy) is 1. The Bertz CT molecular complexity index is 528. The molecule has 2 N–H and O–H groups in total. The summed E-state index contributed by atoms with van der Waals surface area (Å²) in [6.45, 7) is 4.18. The van der Waals surface area contributed by atoms with E-state index in [1.165, 1.54) is 0 Å². The van der Waals surface area contributed by atoms with Crippen LogP contribution in [0.15, 0.2) is 24.5 Å². The number of nitrogens with two attached hydrogens (primary N) is 1. The van der Waals surface area contributed by atoms with Gasteiger partial charge in [0.05, 0.1) is 5.69 Å². The van der Waals surface area contributed by atoms with Gasteiger partial charge in [-0.3, -0.25) is 4.98 Å². The highest BCUT2D eigenvalue weighted by Gasteiger charge is 2.06. The number of rotatable bonds is 3. The van der Waals surface area contributed by atoms with E-state index in [2.05, 4.69) is 15.0 Å². The lowest BCUT2D eigenvalue weighted by Gasteiger charge is -2.07. The van der Waals surface area contributed by atoms with Crippen LogP contribution in [-0.4, -0.2) is 15.0 Å². The van der Waals surface area contributed by atoms with Crippen molar-refractivity contribution in [2.75, 3.05) is 0 Å². The van der Waals surface area contributed by atoms with Crippen molar-refractivity contribution >= 4 is 0 Å². The molecule has 0 bridgehead atoms. The van der Waals surface area contributed by atoms with Crippen molar-refractivity contribution in [3.05, 3.63) is 41.5 Å². The third kappa shape index (κ3) is 2.57. The second-order valence-corrected chi connectivity index (χ2v) is 3.66. The van der Waals surface area contributed by atoms with E-state index in [0.717, 1.165) is 17.0 Å². The van der Waals surface area contributed by atoms with E-state index in [1.54, 1.807) is 12.4 Å². The summed E-state index contributed by atoms with van der Waals surface area (Å²) >= 11 is 0. The van der Waals surface area contributed by atoms with Crippen LogP contribution in [0.3, 0.4) is 0 Å².